The van der Waals surface area contributed by atoms with Crippen molar-refractivity contribution in [3.63, 3.8) is 0 Å². The minimum atomic E-state index is -3.75. The van der Waals surface area contributed by atoms with Crippen molar-refractivity contribution < 1.29 is 22.7 Å². The molecule has 49 heavy (non-hydrogen) atoms. The Labute approximate surface area is 292 Å². The summed E-state index contributed by atoms with van der Waals surface area (Å²) < 4.78 is 35.6. The van der Waals surface area contributed by atoms with E-state index < -0.39 is 27.3 Å². The molecule has 2 atom stereocenters. The fourth-order valence-corrected chi connectivity index (χ4v) is 10.6. The van der Waals surface area contributed by atoms with Crippen LogP contribution in [0, 0.1) is 10.3 Å². The molecule has 0 aromatic heterocycles. The van der Waals surface area contributed by atoms with Gasteiger partial charge in [-0.25, -0.2) is 13.4 Å². The molecular weight excluding hydrogens is 637 g/mol. The highest BCUT2D eigenvalue weighted by atomic mass is 32.2. The van der Waals surface area contributed by atoms with E-state index in [0.717, 1.165) is 43.4 Å². The summed E-state index contributed by atoms with van der Waals surface area (Å²) in [6.07, 6.45) is 3.77. The van der Waals surface area contributed by atoms with Crippen LogP contribution >= 0.6 is 0 Å². The predicted octanol–water partition coefficient (Wildman–Crippen LogP) is 6.68. The van der Waals surface area contributed by atoms with E-state index in [-0.39, 0.29) is 10.6 Å². The van der Waals surface area contributed by atoms with Gasteiger partial charge in [0, 0.05) is 43.6 Å². The number of benzene rings is 3. The third-order valence-electron chi connectivity index (χ3n) is 11.5. The number of hydrogen-bond donors (Lipinski definition) is 1. The summed E-state index contributed by atoms with van der Waals surface area (Å²) in [5.41, 5.74) is 3.46. The molecule has 0 saturated carbocycles. The van der Waals surface area contributed by atoms with Crippen LogP contribution in [0.2, 0.25) is 0 Å². The van der Waals surface area contributed by atoms with E-state index in [4.69, 9.17) is 4.74 Å². The molecule has 0 amide bonds. The van der Waals surface area contributed by atoms with Gasteiger partial charge < -0.3 is 14.3 Å². The number of fused-ring (bicyclic) bond motifs is 4. The van der Waals surface area contributed by atoms with Crippen molar-refractivity contribution in [2.75, 3.05) is 57.1 Å². The molecule has 0 unspecified atom stereocenters. The molecule has 0 spiro atoms. The molecule has 264 valence electrons. The number of aliphatic hydroxyl groups is 1. The summed E-state index contributed by atoms with van der Waals surface area (Å²) in [6, 6.07) is 21.4. The summed E-state index contributed by atoms with van der Waals surface area (Å²) in [6.45, 7) is 13.1. The predicted molar refractivity (Wildman–Crippen MR) is 194 cm³/mol. The Morgan fingerprint density at radius 2 is 1.53 bits per heavy atom. The number of anilines is 1. The molecule has 4 aliphatic heterocycles. The second-order valence-corrected chi connectivity index (χ2v) is 16.7. The maximum atomic E-state index is 14.1. The van der Waals surface area contributed by atoms with Crippen LogP contribution in [0.5, 0.6) is 5.75 Å². The van der Waals surface area contributed by atoms with Crippen LogP contribution in [0.15, 0.2) is 76.9 Å². The summed E-state index contributed by atoms with van der Waals surface area (Å²) in [4.78, 5) is 14.2. The SMILES string of the molecule is CCCCC1(CCCC)CS(=O)(=O)c2ccc(N(C)N=O)cc2[C@@H](c2ccc(OCc3ccc(C[N+]45CCN(CC4)CC5)cc3)cc2)[C@H]1O. The minimum absolute atomic E-state index is 0.107. The van der Waals surface area contributed by atoms with Crippen LogP contribution in [0.4, 0.5) is 5.69 Å². The van der Waals surface area contributed by atoms with Crippen LogP contribution in [0.3, 0.4) is 0 Å². The van der Waals surface area contributed by atoms with Gasteiger partial charge in [0.05, 0.1) is 47.4 Å². The summed E-state index contributed by atoms with van der Waals surface area (Å²) >= 11 is 0. The number of piperazine rings is 3. The number of ether oxygens (including phenoxy) is 1. The number of nitroso groups, excluding NO2 is 1. The standard InChI is InChI=1S/C39H53N4O5S/c1-4-6-18-39(19-7-5-2)29-49(46,47)36-17-14-33(41(3)40-45)26-35(36)37(38(39)44)32-12-15-34(16-13-32)48-28-31-10-8-30(9-11-31)27-43-23-20-42(21-24-43)22-25-43/h8-17,26,37-38,44H,4-7,18-25,27-29H2,1-3H3/q+1/t37-,38-/m1/s1. The van der Waals surface area contributed by atoms with Gasteiger partial charge in [-0.3, -0.25) is 4.90 Å². The normalized spacial score (nSPS) is 25.3. The zero-order valence-corrected chi connectivity index (χ0v) is 30.2. The van der Waals surface area contributed by atoms with Gasteiger partial charge in [-0.05, 0) is 59.9 Å². The molecule has 0 aliphatic carbocycles. The van der Waals surface area contributed by atoms with E-state index in [1.807, 2.05) is 24.3 Å². The number of rotatable bonds is 14. The molecule has 4 aliphatic rings. The average molecular weight is 690 g/mol. The third kappa shape index (κ3) is 7.58. The number of hydrogen-bond acceptors (Lipinski definition) is 7. The second-order valence-electron chi connectivity index (χ2n) is 14.8. The molecule has 3 fully saturated rings. The first-order chi connectivity index (χ1) is 23.6. The van der Waals surface area contributed by atoms with Gasteiger partial charge in [-0.15, -0.1) is 4.91 Å². The first-order valence-corrected chi connectivity index (χ1v) is 19.8. The van der Waals surface area contributed by atoms with E-state index in [1.165, 1.54) is 61.4 Å². The van der Waals surface area contributed by atoms with Crippen molar-refractivity contribution in [1.82, 2.24) is 4.90 Å². The molecule has 0 radical (unpaired) electrons. The van der Waals surface area contributed by atoms with Crippen molar-refractivity contribution in [1.29, 1.82) is 0 Å². The van der Waals surface area contributed by atoms with Gasteiger partial charge in [-0.2, -0.15) is 0 Å². The lowest BCUT2D eigenvalue weighted by atomic mass is 9.68. The van der Waals surface area contributed by atoms with Crippen LogP contribution in [-0.4, -0.2) is 81.1 Å². The molecule has 4 heterocycles. The second kappa shape index (κ2) is 14.9. The Kier molecular flexibility index (Phi) is 10.8. The Bertz CT molecular complexity index is 1670. The molecule has 9 nitrogen and oxygen atoms in total. The minimum Gasteiger partial charge on any atom is -0.489 e. The van der Waals surface area contributed by atoms with E-state index in [2.05, 4.69) is 48.3 Å². The first kappa shape index (κ1) is 35.5. The van der Waals surface area contributed by atoms with Gasteiger partial charge >= 0.3 is 0 Å². The van der Waals surface area contributed by atoms with E-state index in [1.54, 1.807) is 18.2 Å². The number of quaternary nitrogens is 1. The topological polar surface area (TPSA) is 99.5 Å². The maximum Gasteiger partial charge on any atom is 0.179 e. The van der Waals surface area contributed by atoms with Crippen molar-refractivity contribution in [2.24, 2.45) is 10.7 Å². The molecular formula is C39H53N4O5S+. The maximum absolute atomic E-state index is 14.1. The average Bonchev–Trinajstić information content (AvgIpc) is 3.19. The quantitative estimate of drug-likeness (QED) is 0.115. The van der Waals surface area contributed by atoms with Gasteiger partial charge in [0.2, 0.25) is 0 Å². The molecule has 7 rings (SSSR count). The molecule has 3 aromatic rings. The number of sulfone groups is 1. The lowest BCUT2D eigenvalue weighted by Crippen LogP contribution is -2.66. The Balaban J connectivity index is 1.25. The summed E-state index contributed by atoms with van der Waals surface area (Å²) in [7, 11) is -2.21. The van der Waals surface area contributed by atoms with Crippen molar-refractivity contribution in [3.8, 4) is 5.75 Å². The number of nitrogens with zero attached hydrogens (tertiary/aromatic N) is 4. The van der Waals surface area contributed by atoms with Crippen molar-refractivity contribution in [2.45, 2.75) is 82.4 Å². The fourth-order valence-electron chi connectivity index (χ4n) is 8.40. The smallest absolute Gasteiger partial charge is 0.179 e. The highest BCUT2D eigenvalue weighted by Crippen LogP contribution is 2.50. The molecule has 3 saturated heterocycles. The fraction of sp³-hybridized carbons (Fsp3) is 0.538. The van der Waals surface area contributed by atoms with Crippen molar-refractivity contribution >= 4 is 15.5 Å². The molecule has 10 heteroatoms. The van der Waals surface area contributed by atoms with E-state index >= 15 is 0 Å². The van der Waals surface area contributed by atoms with Crippen LogP contribution in [-0.2, 0) is 23.0 Å². The lowest BCUT2D eigenvalue weighted by Gasteiger charge is -2.50. The monoisotopic (exact) mass is 689 g/mol. The molecule has 3 aromatic carbocycles. The van der Waals surface area contributed by atoms with Gasteiger partial charge in [-0.1, -0.05) is 75.9 Å². The number of aliphatic hydroxyl groups excluding tert-OH is 1. The zero-order chi connectivity index (χ0) is 34.6. The molecule has 1 N–H and O–H groups in total. The lowest BCUT2D eigenvalue weighted by molar-refractivity contribution is -0.953. The Hall–Kier alpha value is -3.31. The molecule has 2 bridgehead atoms. The Morgan fingerprint density at radius 1 is 0.918 bits per heavy atom. The Morgan fingerprint density at radius 3 is 2.12 bits per heavy atom. The summed E-state index contributed by atoms with van der Waals surface area (Å²) in [5, 5.41) is 16.6. The van der Waals surface area contributed by atoms with Gasteiger partial charge in [0.15, 0.2) is 9.84 Å². The van der Waals surface area contributed by atoms with E-state index in [0.29, 0.717) is 36.4 Å². The van der Waals surface area contributed by atoms with Crippen LogP contribution < -0.4 is 9.75 Å². The van der Waals surface area contributed by atoms with E-state index in [9.17, 15) is 18.4 Å². The highest BCUT2D eigenvalue weighted by Gasteiger charge is 2.49. The number of unbranched alkanes of at least 4 members (excludes halogenated alkanes) is 2. The van der Waals surface area contributed by atoms with Gasteiger partial charge in [0.25, 0.3) is 0 Å². The van der Waals surface area contributed by atoms with Crippen LogP contribution in [0.1, 0.15) is 80.5 Å². The first-order valence-electron chi connectivity index (χ1n) is 18.1. The largest absolute Gasteiger partial charge is 0.489 e. The summed E-state index contributed by atoms with van der Waals surface area (Å²) in [5.74, 6) is -0.0169. The van der Waals surface area contributed by atoms with Crippen molar-refractivity contribution in [3.05, 3.63) is 93.9 Å². The highest BCUT2D eigenvalue weighted by molar-refractivity contribution is 7.91. The van der Waals surface area contributed by atoms with Crippen LogP contribution in [0.25, 0.3) is 0 Å². The van der Waals surface area contributed by atoms with Gasteiger partial charge in [0.1, 0.15) is 18.9 Å². The zero-order valence-electron chi connectivity index (χ0n) is 29.4. The third-order valence-corrected chi connectivity index (χ3v) is 13.5.